The summed E-state index contributed by atoms with van der Waals surface area (Å²) in [7, 11) is 0. The topological polar surface area (TPSA) is 37.3 Å². The van der Waals surface area contributed by atoms with E-state index in [0.717, 1.165) is 12.0 Å². The monoisotopic (exact) mass is 236 g/mol. The van der Waals surface area contributed by atoms with Crippen LogP contribution in [0, 0.1) is 29.6 Å². The van der Waals surface area contributed by atoms with E-state index in [1.165, 1.54) is 0 Å². The molecule has 1 fully saturated rings. The van der Waals surface area contributed by atoms with Crippen molar-refractivity contribution in [2.45, 2.75) is 46.6 Å². The Morgan fingerprint density at radius 2 is 2.06 bits per heavy atom. The van der Waals surface area contributed by atoms with E-state index in [9.17, 15) is 9.90 Å². The Morgan fingerprint density at radius 3 is 2.65 bits per heavy atom. The van der Waals surface area contributed by atoms with Crippen LogP contribution in [0.5, 0.6) is 0 Å². The maximum absolute atomic E-state index is 11.8. The van der Waals surface area contributed by atoms with Crippen molar-refractivity contribution in [3.8, 4) is 0 Å². The summed E-state index contributed by atoms with van der Waals surface area (Å²) in [5, 5.41) is 10.3. The van der Waals surface area contributed by atoms with Crippen LogP contribution >= 0.6 is 0 Å². The van der Waals surface area contributed by atoms with E-state index in [1.807, 2.05) is 6.92 Å². The molecule has 2 heteroatoms. The maximum atomic E-state index is 11.8. The highest BCUT2D eigenvalue weighted by molar-refractivity contribution is 5.95. The molecule has 0 aromatic rings. The van der Waals surface area contributed by atoms with Crippen molar-refractivity contribution in [2.75, 3.05) is 0 Å². The van der Waals surface area contributed by atoms with Crippen LogP contribution in [0.4, 0.5) is 0 Å². The molecule has 0 aromatic carbocycles. The summed E-state index contributed by atoms with van der Waals surface area (Å²) < 4.78 is 0. The molecule has 0 saturated heterocycles. The molecule has 2 rings (SSSR count). The van der Waals surface area contributed by atoms with E-state index in [0.29, 0.717) is 41.8 Å². The molecule has 0 heterocycles. The molecule has 2 aliphatic carbocycles. The normalized spacial score (nSPS) is 42.4. The van der Waals surface area contributed by atoms with E-state index in [-0.39, 0.29) is 6.10 Å². The lowest BCUT2D eigenvalue weighted by atomic mass is 9.59. The summed E-state index contributed by atoms with van der Waals surface area (Å²) >= 11 is 0. The number of hydrogen-bond donors (Lipinski definition) is 1. The Kier molecular flexibility index (Phi) is 3.44. The van der Waals surface area contributed by atoms with Crippen LogP contribution in [-0.4, -0.2) is 17.0 Å². The van der Waals surface area contributed by atoms with E-state index >= 15 is 0 Å². The van der Waals surface area contributed by atoms with Gasteiger partial charge in [-0.25, -0.2) is 0 Å². The number of carbonyl (C=O) groups is 1. The molecular weight excluding hydrogens is 212 g/mol. The number of aliphatic hydroxyl groups excluding tert-OH is 1. The molecule has 0 bridgehead atoms. The van der Waals surface area contributed by atoms with Gasteiger partial charge in [0.1, 0.15) is 0 Å². The van der Waals surface area contributed by atoms with Gasteiger partial charge in [0.25, 0.3) is 0 Å². The highest BCUT2D eigenvalue weighted by Crippen LogP contribution is 2.47. The number of carbonyl (C=O) groups excluding carboxylic acids is 1. The van der Waals surface area contributed by atoms with Gasteiger partial charge in [0.2, 0.25) is 0 Å². The number of hydrogen-bond acceptors (Lipinski definition) is 2. The lowest BCUT2D eigenvalue weighted by Crippen LogP contribution is -2.46. The average Bonchev–Trinajstić information content (AvgIpc) is 2.20. The first-order valence-electron chi connectivity index (χ1n) is 6.81. The Labute approximate surface area is 104 Å². The minimum Gasteiger partial charge on any atom is -0.393 e. The average molecular weight is 236 g/mol. The summed E-state index contributed by atoms with van der Waals surface area (Å²) in [5.74, 6) is 2.39. The van der Waals surface area contributed by atoms with Crippen LogP contribution in [-0.2, 0) is 4.79 Å². The summed E-state index contributed by atoms with van der Waals surface area (Å²) in [6.07, 6.45) is 3.47. The lowest BCUT2D eigenvalue weighted by molar-refractivity contribution is -0.120. The van der Waals surface area contributed by atoms with Gasteiger partial charge in [-0.05, 0) is 48.5 Å². The zero-order valence-electron chi connectivity index (χ0n) is 11.3. The van der Waals surface area contributed by atoms with Crippen LogP contribution < -0.4 is 0 Å². The van der Waals surface area contributed by atoms with Crippen LogP contribution in [0.1, 0.15) is 40.5 Å². The third-order valence-corrected chi connectivity index (χ3v) is 4.80. The van der Waals surface area contributed by atoms with Crippen molar-refractivity contribution in [3.63, 3.8) is 0 Å². The van der Waals surface area contributed by atoms with Gasteiger partial charge in [0.15, 0.2) is 5.78 Å². The molecule has 1 N–H and O–H groups in total. The molecule has 96 valence electrons. The van der Waals surface area contributed by atoms with Crippen molar-refractivity contribution in [1.82, 2.24) is 0 Å². The first-order chi connectivity index (χ1) is 7.91. The number of allylic oxidation sites excluding steroid dienone is 2. The third-order valence-electron chi connectivity index (χ3n) is 4.80. The van der Waals surface area contributed by atoms with Crippen molar-refractivity contribution in [3.05, 3.63) is 11.6 Å². The zero-order chi connectivity index (χ0) is 12.7. The SMILES string of the molecule is CC1=C[C@@H]2C(C(C)C)C(O)CC(C)[C@@H]2CC1=O. The fraction of sp³-hybridized carbons (Fsp3) is 0.800. The van der Waals surface area contributed by atoms with E-state index in [4.69, 9.17) is 0 Å². The second-order valence-electron chi connectivity index (χ2n) is 6.32. The Bertz CT molecular complexity index is 343. The van der Waals surface area contributed by atoms with Gasteiger partial charge in [0, 0.05) is 6.42 Å². The van der Waals surface area contributed by atoms with Gasteiger partial charge in [-0.3, -0.25) is 4.79 Å². The van der Waals surface area contributed by atoms with Crippen LogP contribution in [0.3, 0.4) is 0 Å². The molecule has 5 atom stereocenters. The molecule has 2 nitrogen and oxygen atoms in total. The molecule has 0 radical (unpaired) electrons. The fourth-order valence-electron chi connectivity index (χ4n) is 3.85. The predicted molar refractivity (Wildman–Crippen MR) is 68.5 cm³/mol. The van der Waals surface area contributed by atoms with Gasteiger partial charge >= 0.3 is 0 Å². The molecule has 3 unspecified atom stereocenters. The van der Waals surface area contributed by atoms with Crippen molar-refractivity contribution < 1.29 is 9.90 Å². The van der Waals surface area contributed by atoms with Gasteiger partial charge in [0.05, 0.1) is 6.10 Å². The highest BCUT2D eigenvalue weighted by Gasteiger charge is 2.45. The minimum atomic E-state index is -0.205. The van der Waals surface area contributed by atoms with Gasteiger partial charge in [-0.15, -0.1) is 0 Å². The Morgan fingerprint density at radius 1 is 1.41 bits per heavy atom. The zero-order valence-corrected chi connectivity index (χ0v) is 11.3. The molecule has 0 aromatic heterocycles. The van der Waals surface area contributed by atoms with Crippen molar-refractivity contribution in [1.29, 1.82) is 0 Å². The summed E-state index contributed by atoms with van der Waals surface area (Å²) in [5.41, 5.74) is 0.901. The largest absolute Gasteiger partial charge is 0.393 e. The molecule has 0 amide bonds. The molecule has 1 saturated carbocycles. The second kappa shape index (κ2) is 4.56. The number of rotatable bonds is 1. The number of ketones is 1. The number of Topliss-reactive ketones (excluding diaryl/α,β-unsaturated/α-hetero) is 1. The van der Waals surface area contributed by atoms with E-state index in [2.05, 4.69) is 26.8 Å². The quantitative estimate of drug-likeness (QED) is 0.760. The fourth-order valence-corrected chi connectivity index (χ4v) is 3.85. The van der Waals surface area contributed by atoms with Crippen LogP contribution in [0.15, 0.2) is 11.6 Å². The number of aliphatic hydroxyl groups is 1. The van der Waals surface area contributed by atoms with Crippen LogP contribution in [0.2, 0.25) is 0 Å². The van der Waals surface area contributed by atoms with Crippen LogP contribution in [0.25, 0.3) is 0 Å². The van der Waals surface area contributed by atoms with E-state index in [1.54, 1.807) is 0 Å². The van der Waals surface area contributed by atoms with Gasteiger partial charge in [-0.1, -0.05) is 26.8 Å². The summed E-state index contributed by atoms with van der Waals surface area (Å²) in [6.45, 7) is 8.46. The highest BCUT2D eigenvalue weighted by atomic mass is 16.3. The summed E-state index contributed by atoms with van der Waals surface area (Å²) in [4.78, 5) is 11.8. The Hall–Kier alpha value is -0.630. The second-order valence-corrected chi connectivity index (χ2v) is 6.32. The predicted octanol–water partition coefficient (Wildman–Crippen LogP) is 2.81. The van der Waals surface area contributed by atoms with E-state index < -0.39 is 0 Å². The third kappa shape index (κ3) is 2.20. The van der Waals surface area contributed by atoms with Gasteiger partial charge < -0.3 is 5.11 Å². The standard InChI is InChI=1S/C15H24O2/c1-8(2)15-12-5-10(4)13(16)7-11(12)9(3)6-14(15)17/h5,8-9,11-12,14-15,17H,6-7H2,1-4H3/t9?,11-,12-,14?,15?/m0/s1. The molecular formula is C15H24O2. The molecule has 0 aliphatic heterocycles. The maximum Gasteiger partial charge on any atom is 0.158 e. The molecule has 2 aliphatic rings. The molecule has 17 heavy (non-hydrogen) atoms. The smallest absolute Gasteiger partial charge is 0.158 e. The number of fused-ring (bicyclic) bond motifs is 1. The van der Waals surface area contributed by atoms with Crippen molar-refractivity contribution >= 4 is 5.78 Å². The van der Waals surface area contributed by atoms with Gasteiger partial charge in [-0.2, -0.15) is 0 Å². The summed E-state index contributed by atoms with van der Waals surface area (Å²) in [6, 6.07) is 0. The first kappa shape index (κ1) is 12.8. The molecule has 0 spiro atoms. The van der Waals surface area contributed by atoms with Crippen molar-refractivity contribution in [2.24, 2.45) is 29.6 Å². The lowest BCUT2D eigenvalue weighted by Gasteiger charge is -2.47. The first-order valence-corrected chi connectivity index (χ1v) is 6.81. The minimum absolute atomic E-state index is 0.205. The Balaban J connectivity index is 2.34.